The molecule has 1 aromatic rings. The zero-order valence-corrected chi connectivity index (χ0v) is 12.7. The molecule has 106 valence electrons. The predicted octanol–water partition coefficient (Wildman–Crippen LogP) is 3.04. The van der Waals surface area contributed by atoms with E-state index in [9.17, 15) is 5.11 Å². The van der Waals surface area contributed by atoms with Crippen molar-refractivity contribution in [1.82, 2.24) is 10.2 Å². The highest BCUT2D eigenvalue weighted by molar-refractivity contribution is 6.32. The summed E-state index contributed by atoms with van der Waals surface area (Å²) in [4.78, 5) is 2.50. The number of aromatic hydroxyl groups is 1. The highest BCUT2D eigenvalue weighted by atomic mass is 35.5. The van der Waals surface area contributed by atoms with Crippen molar-refractivity contribution in [3.63, 3.8) is 0 Å². The molecular formula is C15H23ClN2O. The summed E-state index contributed by atoms with van der Waals surface area (Å²) in [6, 6.07) is 5.89. The third kappa shape index (κ3) is 3.41. The van der Waals surface area contributed by atoms with E-state index in [0.29, 0.717) is 11.1 Å². The Hall–Kier alpha value is -0.770. The van der Waals surface area contributed by atoms with Crippen LogP contribution in [0.25, 0.3) is 0 Å². The van der Waals surface area contributed by atoms with Gasteiger partial charge in [-0.2, -0.15) is 0 Å². The van der Waals surface area contributed by atoms with Crippen molar-refractivity contribution < 1.29 is 5.11 Å². The Kier molecular flexibility index (Phi) is 4.39. The minimum absolute atomic E-state index is 0.123. The number of nitrogens with one attached hydrogen (secondary N) is 1. The highest BCUT2D eigenvalue weighted by Gasteiger charge is 2.32. The Labute approximate surface area is 120 Å². The minimum atomic E-state index is 0.123. The van der Waals surface area contributed by atoms with Crippen molar-refractivity contribution in [3.8, 4) is 5.75 Å². The molecule has 0 aromatic heterocycles. The standard InChI is InChI=1S/C15H23ClN2O/c1-15(2,3)14(18-8-6-17-7-9-18)11-4-5-13(19)12(16)10-11/h4-5,10,14,17,19H,6-9H2,1-3H3/t14-/m0/s1. The van der Waals surface area contributed by atoms with Gasteiger partial charge < -0.3 is 10.4 Å². The molecule has 0 unspecified atom stereocenters. The molecule has 0 spiro atoms. The molecule has 1 atom stereocenters. The molecule has 3 nitrogen and oxygen atoms in total. The summed E-state index contributed by atoms with van der Waals surface area (Å²) in [7, 11) is 0. The Bertz CT molecular complexity index is 436. The molecule has 0 saturated carbocycles. The van der Waals surface area contributed by atoms with E-state index in [-0.39, 0.29) is 11.2 Å². The summed E-state index contributed by atoms with van der Waals surface area (Å²) in [5.74, 6) is 0.151. The summed E-state index contributed by atoms with van der Waals surface area (Å²) < 4.78 is 0. The van der Waals surface area contributed by atoms with Gasteiger partial charge in [-0.15, -0.1) is 0 Å². The van der Waals surface area contributed by atoms with Crippen LogP contribution in [0.15, 0.2) is 18.2 Å². The lowest BCUT2D eigenvalue weighted by Crippen LogP contribution is -2.48. The third-order valence-electron chi connectivity index (χ3n) is 3.62. The molecule has 1 aliphatic rings. The minimum Gasteiger partial charge on any atom is -0.506 e. The zero-order chi connectivity index (χ0) is 14.0. The first kappa shape index (κ1) is 14.6. The summed E-state index contributed by atoms with van der Waals surface area (Å²) in [6.07, 6.45) is 0. The number of rotatable bonds is 2. The van der Waals surface area contributed by atoms with Crippen LogP contribution in [-0.4, -0.2) is 36.2 Å². The molecule has 1 aromatic carbocycles. The Morgan fingerprint density at radius 2 is 1.89 bits per heavy atom. The number of phenolic OH excluding ortho intramolecular Hbond substituents is 1. The lowest BCUT2D eigenvalue weighted by molar-refractivity contribution is 0.0862. The lowest BCUT2D eigenvalue weighted by Gasteiger charge is -2.42. The second kappa shape index (κ2) is 5.70. The Morgan fingerprint density at radius 1 is 1.26 bits per heavy atom. The SMILES string of the molecule is CC(C)(C)[C@H](c1ccc(O)c(Cl)c1)N1CCNCC1. The zero-order valence-electron chi connectivity index (χ0n) is 11.9. The fourth-order valence-electron chi connectivity index (χ4n) is 2.89. The van der Waals surface area contributed by atoms with Gasteiger partial charge in [0.05, 0.1) is 5.02 Å². The van der Waals surface area contributed by atoms with Crippen LogP contribution in [0.1, 0.15) is 32.4 Å². The maximum atomic E-state index is 9.58. The molecule has 2 N–H and O–H groups in total. The fourth-order valence-corrected chi connectivity index (χ4v) is 3.08. The molecule has 0 radical (unpaired) electrons. The van der Waals surface area contributed by atoms with Gasteiger partial charge in [-0.1, -0.05) is 38.4 Å². The van der Waals surface area contributed by atoms with Crippen LogP contribution in [0.4, 0.5) is 0 Å². The first-order valence-electron chi connectivity index (χ1n) is 6.83. The van der Waals surface area contributed by atoms with Gasteiger partial charge in [0.1, 0.15) is 5.75 Å². The molecule has 4 heteroatoms. The first-order chi connectivity index (χ1) is 8.89. The fraction of sp³-hybridized carbons (Fsp3) is 0.600. The van der Waals surface area contributed by atoms with Gasteiger partial charge in [-0.05, 0) is 23.1 Å². The van der Waals surface area contributed by atoms with Crippen molar-refractivity contribution in [2.24, 2.45) is 5.41 Å². The second-order valence-corrected chi connectivity index (χ2v) is 6.67. The van der Waals surface area contributed by atoms with Crippen molar-refractivity contribution in [2.45, 2.75) is 26.8 Å². The van der Waals surface area contributed by atoms with Gasteiger partial charge in [0.2, 0.25) is 0 Å². The smallest absolute Gasteiger partial charge is 0.134 e. The molecule has 1 heterocycles. The second-order valence-electron chi connectivity index (χ2n) is 6.27. The molecule has 0 aliphatic carbocycles. The molecule has 19 heavy (non-hydrogen) atoms. The Morgan fingerprint density at radius 3 is 2.42 bits per heavy atom. The van der Waals surface area contributed by atoms with Crippen molar-refractivity contribution in [3.05, 3.63) is 28.8 Å². The lowest BCUT2D eigenvalue weighted by atomic mass is 9.81. The van der Waals surface area contributed by atoms with Crippen LogP contribution in [-0.2, 0) is 0 Å². The largest absolute Gasteiger partial charge is 0.506 e. The number of halogens is 1. The molecule has 2 rings (SSSR count). The van der Waals surface area contributed by atoms with E-state index in [0.717, 1.165) is 26.2 Å². The van der Waals surface area contributed by atoms with E-state index < -0.39 is 0 Å². The quantitative estimate of drug-likeness (QED) is 0.875. The molecule has 0 amide bonds. The summed E-state index contributed by atoms with van der Waals surface area (Å²) in [5, 5.41) is 13.4. The van der Waals surface area contributed by atoms with E-state index in [1.54, 1.807) is 6.07 Å². The number of nitrogens with zero attached hydrogens (tertiary/aromatic N) is 1. The maximum absolute atomic E-state index is 9.58. The van der Waals surface area contributed by atoms with Gasteiger partial charge in [0.15, 0.2) is 0 Å². The maximum Gasteiger partial charge on any atom is 0.134 e. The Balaban J connectivity index is 2.33. The molecule has 0 bridgehead atoms. The van der Waals surface area contributed by atoms with Gasteiger partial charge >= 0.3 is 0 Å². The first-order valence-corrected chi connectivity index (χ1v) is 7.20. The van der Waals surface area contributed by atoms with Crippen LogP contribution in [0.5, 0.6) is 5.75 Å². The van der Waals surface area contributed by atoms with Crippen molar-refractivity contribution in [1.29, 1.82) is 0 Å². The normalized spacial score (nSPS) is 19.4. The van der Waals surface area contributed by atoms with Crippen LogP contribution >= 0.6 is 11.6 Å². The molecular weight excluding hydrogens is 260 g/mol. The van der Waals surface area contributed by atoms with Gasteiger partial charge in [-0.3, -0.25) is 4.90 Å². The average Bonchev–Trinajstić information content (AvgIpc) is 2.34. The average molecular weight is 283 g/mol. The molecule has 1 aliphatic heterocycles. The van der Waals surface area contributed by atoms with E-state index in [1.165, 1.54) is 5.56 Å². The highest BCUT2D eigenvalue weighted by Crippen LogP contribution is 2.40. The monoisotopic (exact) mass is 282 g/mol. The van der Waals surface area contributed by atoms with E-state index >= 15 is 0 Å². The number of piperazine rings is 1. The summed E-state index contributed by atoms with van der Waals surface area (Å²) in [6.45, 7) is 10.9. The van der Waals surface area contributed by atoms with Crippen molar-refractivity contribution >= 4 is 11.6 Å². The van der Waals surface area contributed by atoms with Crippen LogP contribution in [0, 0.1) is 5.41 Å². The number of hydrogen-bond donors (Lipinski definition) is 2. The van der Waals surface area contributed by atoms with Gasteiger partial charge in [0.25, 0.3) is 0 Å². The number of benzene rings is 1. The third-order valence-corrected chi connectivity index (χ3v) is 3.93. The van der Waals surface area contributed by atoms with Gasteiger partial charge in [-0.25, -0.2) is 0 Å². The van der Waals surface area contributed by atoms with Crippen LogP contribution in [0.3, 0.4) is 0 Å². The summed E-state index contributed by atoms with van der Waals surface area (Å²) in [5.41, 5.74) is 1.30. The van der Waals surface area contributed by atoms with E-state index in [4.69, 9.17) is 11.6 Å². The van der Waals surface area contributed by atoms with E-state index in [2.05, 4.69) is 31.0 Å². The molecule has 1 fully saturated rings. The topological polar surface area (TPSA) is 35.5 Å². The van der Waals surface area contributed by atoms with Gasteiger partial charge in [0, 0.05) is 32.2 Å². The van der Waals surface area contributed by atoms with Crippen LogP contribution < -0.4 is 5.32 Å². The predicted molar refractivity (Wildman–Crippen MR) is 79.8 cm³/mol. The molecule has 1 saturated heterocycles. The number of hydrogen-bond acceptors (Lipinski definition) is 3. The van der Waals surface area contributed by atoms with Crippen molar-refractivity contribution in [2.75, 3.05) is 26.2 Å². The summed E-state index contributed by atoms with van der Waals surface area (Å²) >= 11 is 6.07. The number of phenols is 1. The van der Waals surface area contributed by atoms with Crippen LogP contribution in [0.2, 0.25) is 5.02 Å². The van der Waals surface area contributed by atoms with E-state index in [1.807, 2.05) is 12.1 Å².